The summed E-state index contributed by atoms with van der Waals surface area (Å²) < 4.78 is 0. The van der Waals surface area contributed by atoms with E-state index in [2.05, 4.69) is 5.32 Å². The summed E-state index contributed by atoms with van der Waals surface area (Å²) in [5.74, 6) is -0.633. The molecule has 3 aromatic carbocycles. The van der Waals surface area contributed by atoms with E-state index in [1.807, 2.05) is 74.5 Å². The minimum Gasteiger partial charge on any atom is -0.350 e. The molecule has 1 heterocycles. The molecule has 0 aromatic heterocycles. The van der Waals surface area contributed by atoms with Crippen LogP contribution < -0.4 is 5.32 Å². The molecule has 0 unspecified atom stereocenters. The van der Waals surface area contributed by atoms with Crippen molar-refractivity contribution in [2.75, 3.05) is 5.32 Å². The molecule has 0 fully saturated rings. The summed E-state index contributed by atoms with van der Waals surface area (Å²) in [7, 11) is 0. The second-order valence-electron chi connectivity index (χ2n) is 7.39. The van der Waals surface area contributed by atoms with Crippen molar-refractivity contribution in [3.8, 4) is 0 Å². The number of anilines is 1. The Bertz CT molecular complexity index is 1170. The summed E-state index contributed by atoms with van der Waals surface area (Å²) in [6.07, 6.45) is 0. The number of halogens is 1. The monoisotopic (exact) mass is 448 g/mol. The maximum absolute atomic E-state index is 13.3. The van der Waals surface area contributed by atoms with Gasteiger partial charge in [0.2, 0.25) is 0 Å². The Morgan fingerprint density at radius 2 is 1.61 bits per heavy atom. The van der Waals surface area contributed by atoms with Gasteiger partial charge in [0, 0.05) is 15.6 Å². The number of amides is 2. The van der Waals surface area contributed by atoms with Crippen molar-refractivity contribution in [2.24, 2.45) is 0 Å². The Morgan fingerprint density at radius 1 is 0.903 bits per heavy atom. The van der Waals surface area contributed by atoms with Crippen LogP contribution in [-0.4, -0.2) is 16.7 Å². The van der Waals surface area contributed by atoms with Gasteiger partial charge >= 0.3 is 0 Å². The number of carbonyl (C=O) groups is 2. The van der Waals surface area contributed by atoms with E-state index in [0.29, 0.717) is 15.6 Å². The number of carbonyl (C=O) groups excluding carboxylic acids is 2. The quantitative estimate of drug-likeness (QED) is 0.474. The molecule has 1 aliphatic heterocycles. The van der Waals surface area contributed by atoms with Gasteiger partial charge in [-0.25, -0.2) is 0 Å². The molecule has 0 radical (unpaired) electrons. The summed E-state index contributed by atoms with van der Waals surface area (Å²) in [5, 5.41) is 3.85. The highest BCUT2D eigenvalue weighted by Gasteiger charge is 2.39. The molecule has 0 aliphatic carbocycles. The first kappa shape index (κ1) is 21.2. The number of benzene rings is 3. The Labute approximate surface area is 190 Å². The first-order valence-corrected chi connectivity index (χ1v) is 11.0. The summed E-state index contributed by atoms with van der Waals surface area (Å²) in [6, 6.07) is 22.7. The fraction of sp³-hybridized carbons (Fsp3) is 0.120. The zero-order valence-corrected chi connectivity index (χ0v) is 18.8. The van der Waals surface area contributed by atoms with E-state index in [1.165, 1.54) is 16.7 Å². The smallest absolute Gasteiger partial charge is 0.278 e. The number of aryl methyl sites for hydroxylation is 2. The minimum absolute atomic E-state index is 0.223. The third kappa shape index (κ3) is 4.68. The van der Waals surface area contributed by atoms with E-state index in [0.717, 1.165) is 27.3 Å². The van der Waals surface area contributed by atoms with E-state index < -0.39 is 0 Å². The van der Waals surface area contributed by atoms with Gasteiger partial charge in [-0.05, 0) is 55.3 Å². The number of rotatable bonds is 6. The van der Waals surface area contributed by atoms with Crippen LogP contribution in [0.4, 0.5) is 5.69 Å². The molecular formula is C25H21ClN2O2S. The van der Waals surface area contributed by atoms with Crippen molar-refractivity contribution in [1.82, 2.24) is 4.90 Å². The van der Waals surface area contributed by atoms with E-state index >= 15 is 0 Å². The van der Waals surface area contributed by atoms with Gasteiger partial charge in [0.15, 0.2) is 0 Å². The van der Waals surface area contributed by atoms with Gasteiger partial charge < -0.3 is 5.32 Å². The lowest BCUT2D eigenvalue weighted by Crippen LogP contribution is -2.31. The molecule has 3 aromatic rings. The van der Waals surface area contributed by atoms with Crippen molar-refractivity contribution in [2.45, 2.75) is 25.3 Å². The Kier molecular flexibility index (Phi) is 6.16. The van der Waals surface area contributed by atoms with Crippen molar-refractivity contribution < 1.29 is 9.59 Å². The summed E-state index contributed by atoms with van der Waals surface area (Å²) >= 11 is 7.27. The van der Waals surface area contributed by atoms with Gasteiger partial charge in [0.1, 0.15) is 10.6 Å². The first-order chi connectivity index (χ1) is 14.9. The number of thioether (sulfide) groups is 1. The van der Waals surface area contributed by atoms with Crippen molar-refractivity contribution in [3.05, 3.63) is 105 Å². The SMILES string of the molecule is Cc1ccc(NC2=C(Sc3ccc(Cl)cc3)C(=O)N(Cc3ccccc3)C2=O)c(C)c1. The van der Waals surface area contributed by atoms with Crippen LogP contribution in [0.25, 0.3) is 0 Å². The summed E-state index contributed by atoms with van der Waals surface area (Å²) in [5.41, 5.74) is 4.13. The Balaban J connectivity index is 1.69. The Hall–Kier alpha value is -3.02. The van der Waals surface area contributed by atoms with E-state index in [4.69, 9.17) is 11.6 Å². The topological polar surface area (TPSA) is 49.4 Å². The molecular weight excluding hydrogens is 428 g/mol. The predicted octanol–water partition coefficient (Wildman–Crippen LogP) is 5.94. The largest absolute Gasteiger partial charge is 0.350 e. The molecule has 0 spiro atoms. The van der Waals surface area contributed by atoms with Gasteiger partial charge in [0.05, 0.1) is 6.54 Å². The van der Waals surface area contributed by atoms with Crippen LogP contribution in [-0.2, 0) is 16.1 Å². The molecule has 0 saturated carbocycles. The van der Waals surface area contributed by atoms with Crippen LogP contribution in [0.3, 0.4) is 0 Å². The molecule has 6 heteroatoms. The second kappa shape index (κ2) is 9.00. The lowest BCUT2D eigenvalue weighted by atomic mass is 10.1. The van der Waals surface area contributed by atoms with E-state index in [9.17, 15) is 9.59 Å². The van der Waals surface area contributed by atoms with Gasteiger partial charge in [-0.2, -0.15) is 0 Å². The molecule has 4 rings (SSSR count). The van der Waals surface area contributed by atoms with Gasteiger partial charge in [-0.1, -0.05) is 71.4 Å². The van der Waals surface area contributed by atoms with Crippen LogP contribution in [0.1, 0.15) is 16.7 Å². The van der Waals surface area contributed by atoms with Crippen molar-refractivity contribution in [3.63, 3.8) is 0 Å². The van der Waals surface area contributed by atoms with Crippen LogP contribution in [0.15, 0.2) is 88.3 Å². The van der Waals surface area contributed by atoms with Crippen molar-refractivity contribution >= 4 is 40.9 Å². The van der Waals surface area contributed by atoms with Gasteiger partial charge in [0.25, 0.3) is 11.8 Å². The van der Waals surface area contributed by atoms with E-state index in [-0.39, 0.29) is 18.4 Å². The highest BCUT2D eigenvalue weighted by molar-refractivity contribution is 8.04. The molecule has 156 valence electrons. The maximum Gasteiger partial charge on any atom is 0.278 e. The molecule has 0 saturated heterocycles. The molecule has 2 amide bonds. The molecule has 0 atom stereocenters. The average Bonchev–Trinajstić information content (AvgIpc) is 2.97. The Morgan fingerprint density at radius 3 is 2.29 bits per heavy atom. The van der Waals surface area contributed by atoms with Crippen LogP contribution in [0.2, 0.25) is 5.02 Å². The number of hydrogen-bond donors (Lipinski definition) is 1. The third-order valence-electron chi connectivity index (χ3n) is 4.98. The van der Waals surface area contributed by atoms with Crippen LogP contribution >= 0.6 is 23.4 Å². The second-order valence-corrected chi connectivity index (χ2v) is 8.91. The highest BCUT2D eigenvalue weighted by atomic mass is 35.5. The number of nitrogens with one attached hydrogen (secondary N) is 1. The lowest BCUT2D eigenvalue weighted by molar-refractivity contribution is -0.137. The number of nitrogens with zero attached hydrogens (tertiary/aromatic N) is 1. The van der Waals surface area contributed by atoms with E-state index in [1.54, 1.807) is 12.1 Å². The standard InChI is InChI=1S/C25H21ClN2O2S/c1-16-8-13-21(17(2)14-16)27-22-23(31-20-11-9-19(26)10-12-20)25(30)28(24(22)29)15-18-6-4-3-5-7-18/h3-14,27H,15H2,1-2H3. The zero-order valence-electron chi connectivity index (χ0n) is 17.2. The van der Waals surface area contributed by atoms with Crippen molar-refractivity contribution in [1.29, 1.82) is 0 Å². The summed E-state index contributed by atoms with van der Waals surface area (Å²) in [4.78, 5) is 29.1. The first-order valence-electron chi connectivity index (χ1n) is 9.84. The molecule has 1 aliphatic rings. The zero-order chi connectivity index (χ0) is 22.0. The fourth-order valence-corrected chi connectivity index (χ4v) is 4.45. The lowest BCUT2D eigenvalue weighted by Gasteiger charge is -2.15. The fourth-order valence-electron chi connectivity index (χ4n) is 3.38. The van der Waals surface area contributed by atoms with Crippen LogP contribution in [0, 0.1) is 13.8 Å². The molecule has 4 nitrogen and oxygen atoms in total. The summed E-state index contributed by atoms with van der Waals surface area (Å²) in [6.45, 7) is 4.22. The van der Waals surface area contributed by atoms with Crippen LogP contribution in [0.5, 0.6) is 0 Å². The third-order valence-corrected chi connectivity index (χ3v) is 6.33. The predicted molar refractivity (Wildman–Crippen MR) is 126 cm³/mol. The molecule has 31 heavy (non-hydrogen) atoms. The maximum atomic E-state index is 13.3. The highest BCUT2D eigenvalue weighted by Crippen LogP contribution is 2.37. The van der Waals surface area contributed by atoms with Gasteiger partial charge in [-0.15, -0.1) is 0 Å². The molecule has 1 N–H and O–H groups in total. The molecule has 0 bridgehead atoms. The average molecular weight is 449 g/mol. The number of hydrogen-bond acceptors (Lipinski definition) is 4. The van der Waals surface area contributed by atoms with Gasteiger partial charge in [-0.3, -0.25) is 14.5 Å². The minimum atomic E-state index is -0.328. The normalized spacial score (nSPS) is 13.8. The number of imide groups is 1.